The lowest BCUT2D eigenvalue weighted by Gasteiger charge is -2.09. The third-order valence-electron chi connectivity index (χ3n) is 3.95. The van der Waals surface area contributed by atoms with Crippen LogP contribution in [0.25, 0.3) is 10.9 Å². The number of carboxylic acids is 1. The zero-order valence-corrected chi connectivity index (χ0v) is 12.3. The predicted octanol–water partition coefficient (Wildman–Crippen LogP) is 3.33. The van der Waals surface area contributed by atoms with E-state index in [2.05, 4.69) is 4.57 Å². The van der Waals surface area contributed by atoms with Crippen LogP contribution < -0.4 is 0 Å². The van der Waals surface area contributed by atoms with Crippen molar-refractivity contribution in [3.05, 3.63) is 65.4 Å². The van der Waals surface area contributed by atoms with Crippen LogP contribution in [-0.2, 0) is 17.8 Å². The second-order valence-corrected chi connectivity index (χ2v) is 5.41. The Kier molecular flexibility index (Phi) is 3.59. The SMILES string of the molecule is Cc1c(CC(=O)O)c2cc(O)ccc2n1Cc1ccccc1. The fraction of sp³-hybridized carbons (Fsp3) is 0.167. The maximum absolute atomic E-state index is 11.1. The molecule has 1 aromatic heterocycles. The van der Waals surface area contributed by atoms with Crippen LogP contribution in [0.1, 0.15) is 16.8 Å². The number of benzene rings is 2. The van der Waals surface area contributed by atoms with E-state index in [-0.39, 0.29) is 12.2 Å². The lowest BCUT2D eigenvalue weighted by atomic mass is 10.1. The van der Waals surface area contributed by atoms with Crippen LogP contribution in [0.15, 0.2) is 48.5 Å². The number of phenolic OH excluding ortho intramolecular Hbond substituents is 1. The number of fused-ring (bicyclic) bond motifs is 1. The van der Waals surface area contributed by atoms with Crippen LogP contribution in [0.4, 0.5) is 0 Å². The minimum atomic E-state index is -0.870. The molecule has 112 valence electrons. The molecule has 0 amide bonds. The zero-order chi connectivity index (χ0) is 15.7. The zero-order valence-electron chi connectivity index (χ0n) is 12.3. The molecule has 0 spiro atoms. The summed E-state index contributed by atoms with van der Waals surface area (Å²) in [4.78, 5) is 11.1. The smallest absolute Gasteiger partial charge is 0.307 e. The Hall–Kier alpha value is -2.75. The van der Waals surface area contributed by atoms with Gasteiger partial charge in [-0.1, -0.05) is 30.3 Å². The normalized spacial score (nSPS) is 11.0. The van der Waals surface area contributed by atoms with Crippen molar-refractivity contribution in [1.82, 2.24) is 4.57 Å². The maximum atomic E-state index is 11.1. The fourth-order valence-corrected chi connectivity index (χ4v) is 2.88. The van der Waals surface area contributed by atoms with Crippen molar-refractivity contribution in [2.75, 3.05) is 0 Å². The van der Waals surface area contributed by atoms with Crippen LogP contribution in [0, 0.1) is 6.92 Å². The summed E-state index contributed by atoms with van der Waals surface area (Å²) in [5, 5.41) is 19.7. The molecule has 2 aromatic carbocycles. The van der Waals surface area contributed by atoms with Crippen molar-refractivity contribution in [3.8, 4) is 5.75 Å². The highest BCUT2D eigenvalue weighted by atomic mass is 16.4. The maximum Gasteiger partial charge on any atom is 0.307 e. The predicted molar refractivity (Wildman–Crippen MR) is 85.2 cm³/mol. The van der Waals surface area contributed by atoms with E-state index in [1.54, 1.807) is 12.1 Å². The van der Waals surface area contributed by atoms with Gasteiger partial charge in [-0.2, -0.15) is 0 Å². The average molecular weight is 295 g/mol. The number of phenols is 1. The fourth-order valence-electron chi connectivity index (χ4n) is 2.88. The molecule has 0 saturated carbocycles. The molecule has 0 unspecified atom stereocenters. The number of nitrogens with zero attached hydrogens (tertiary/aromatic N) is 1. The van der Waals surface area contributed by atoms with Gasteiger partial charge in [0.1, 0.15) is 5.75 Å². The first-order valence-electron chi connectivity index (χ1n) is 7.12. The van der Waals surface area contributed by atoms with Gasteiger partial charge in [-0.15, -0.1) is 0 Å². The van der Waals surface area contributed by atoms with Gasteiger partial charge in [-0.25, -0.2) is 0 Å². The van der Waals surface area contributed by atoms with Gasteiger partial charge in [0.25, 0.3) is 0 Å². The Labute approximate surface area is 128 Å². The van der Waals surface area contributed by atoms with Gasteiger partial charge >= 0.3 is 5.97 Å². The van der Waals surface area contributed by atoms with E-state index in [0.717, 1.165) is 27.7 Å². The molecule has 1 heterocycles. The number of rotatable bonds is 4. The topological polar surface area (TPSA) is 62.5 Å². The Morgan fingerprint density at radius 3 is 2.55 bits per heavy atom. The van der Waals surface area contributed by atoms with Crippen LogP contribution in [0.2, 0.25) is 0 Å². The van der Waals surface area contributed by atoms with Crippen molar-refractivity contribution < 1.29 is 15.0 Å². The molecule has 0 aliphatic rings. The van der Waals surface area contributed by atoms with Gasteiger partial charge in [-0.05, 0) is 36.2 Å². The molecule has 2 N–H and O–H groups in total. The summed E-state index contributed by atoms with van der Waals surface area (Å²) < 4.78 is 2.10. The highest BCUT2D eigenvalue weighted by Gasteiger charge is 2.17. The van der Waals surface area contributed by atoms with Crippen LogP contribution >= 0.6 is 0 Å². The van der Waals surface area contributed by atoms with Crippen molar-refractivity contribution in [3.63, 3.8) is 0 Å². The van der Waals surface area contributed by atoms with Crippen LogP contribution in [-0.4, -0.2) is 20.7 Å². The summed E-state index contributed by atoms with van der Waals surface area (Å²) in [6.07, 6.45) is -0.0480. The van der Waals surface area contributed by atoms with Gasteiger partial charge in [0.2, 0.25) is 0 Å². The number of carboxylic acid groups (broad SMARTS) is 1. The number of aromatic hydroxyl groups is 1. The Bertz CT molecular complexity index is 834. The summed E-state index contributed by atoms with van der Waals surface area (Å²) in [6, 6.07) is 15.1. The molecule has 3 rings (SSSR count). The van der Waals surface area contributed by atoms with Gasteiger partial charge in [0.05, 0.1) is 6.42 Å². The van der Waals surface area contributed by atoms with Crippen LogP contribution in [0.5, 0.6) is 5.75 Å². The van der Waals surface area contributed by atoms with E-state index in [0.29, 0.717) is 6.54 Å². The average Bonchev–Trinajstić information content (AvgIpc) is 2.73. The Morgan fingerprint density at radius 2 is 1.86 bits per heavy atom. The molecule has 4 heteroatoms. The Balaban J connectivity index is 2.17. The monoisotopic (exact) mass is 295 g/mol. The van der Waals surface area contributed by atoms with E-state index in [1.807, 2.05) is 43.3 Å². The number of hydrogen-bond donors (Lipinski definition) is 2. The lowest BCUT2D eigenvalue weighted by molar-refractivity contribution is -0.136. The molecule has 0 fully saturated rings. The van der Waals surface area contributed by atoms with Crippen LogP contribution in [0.3, 0.4) is 0 Å². The molecular formula is C18H17NO3. The van der Waals surface area contributed by atoms with E-state index >= 15 is 0 Å². The van der Waals surface area contributed by atoms with Crippen molar-refractivity contribution in [1.29, 1.82) is 0 Å². The first kappa shape index (κ1) is 14.2. The second kappa shape index (κ2) is 5.56. The van der Waals surface area contributed by atoms with Gasteiger partial charge in [-0.3, -0.25) is 4.79 Å². The minimum absolute atomic E-state index is 0.0480. The molecule has 0 aliphatic heterocycles. The summed E-state index contributed by atoms with van der Waals surface area (Å²) in [6.45, 7) is 2.60. The largest absolute Gasteiger partial charge is 0.508 e. The molecular weight excluding hydrogens is 278 g/mol. The Morgan fingerprint density at radius 1 is 1.14 bits per heavy atom. The highest BCUT2D eigenvalue weighted by molar-refractivity contribution is 5.90. The van der Waals surface area contributed by atoms with Gasteiger partial charge in [0, 0.05) is 23.1 Å². The number of aliphatic carboxylic acids is 1. The first-order chi connectivity index (χ1) is 10.6. The molecule has 0 radical (unpaired) electrons. The summed E-state index contributed by atoms with van der Waals surface area (Å²) in [7, 11) is 0. The van der Waals surface area contributed by atoms with E-state index < -0.39 is 5.97 Å². The van der Waals surface area contributed by atoms with E-state index in [4.69, 9.17) is 5.11 Å². The van der Waals surface area contributed by atoms with E-state index in [1.165, 1.54) is 0 Å². The summed E-state index contributed by atoms with van der Waals surface area (Å²) in [5.74, 6) is -0.721. The van der Waals surface area contributed by atoms with Gasteiger partial charge < -0.3 is 14.8 Å². The molecule has 0 aliphatic carbocycles. The van der Waals surface area contributed by atoms with Crippen molar-refractivity contribution in [2.24, 2.45) is 0 Å². The molecule has 0 atom stereocenters. The quantitative estimate of drug-likeness (QED) is 0.776. The number of aromatic nitrogens is 1. The minimum Gasteiger partial charge on any atom is -0.508 e. The molecule has 0 saturated heterocycles. The van der Waals surface area contributed by atoms with E-state index in [9.17, 15) is 9.90 Å². The molecule has 0 bridgehead atoms. The highest BCUT2D eigenvalue weighted by Crippen LogP contribution is 2.30. The van der Waals surface area contributed by atoms with Crippen molar-refractivity contribution in [2.45, 2.75) is 19.9 Å². The second-order valence-electron chi connectivity index (χ2n) is 5.41. The third kappa shape index (κ3) is 2.55. The molecule has 4 nitrogen and oxygen atoms in total. The third-order valence-corrected chi connectivity index (χ3v) is 3.95. The number of hydrogen-bond acceptors (Lipinski definition) is 2. The van der Waals surface area contributed by atoms with Crippen molar-refractivity contribution >= 4 is 16.9 Å². The molecule has 22 heavy (non-hydrogen) atoms. The lowest BCUT2D eigenvalue weighted by Crippen LogP contribution is -2.05. The number of carbonyl (C=O) groups is 1. The standard InChI is InChI=1S/C18H17NO3/c1-12-15(10-18(21)22)16-9-14(20)7-8-17(16)19(12)11-13-5-3-2-4-6-13/h2-9,20H,10-11H2,1H3,(H,21,22). The molecule has 3 aromatic rings. The first-order valence-corrected chi connectivity index (χ1v) is 7.12. The van der Waals surface area contributed by atoms with Gasteiger partial charge in [0.15, 0.2) is 0 Å². The summed E-state index contributed by atoms with van der Waals surface area (Å²) >= 11 is 0. The summed E-state index contributed by atoms with van der Waals surface area (Å²) in [5.41, 5.74) is 3.77.